The first-order chi connectivity index (χ1) is 66.2. The summed E-state index contributed by atoms with van der Waals surface area (Å²) in [6.07, 6.45) is 1.37. The fourth-order valence-electron chi connectivity index (χ4n) is 18.4. The Kier molecular flexibility index (Phi) is 40.6. The second kappa shape index (κ2) is 51.1. The number of H-pyrrole nitrogens is 1. The van der Waals surface area contributed by atoms with Gasteiger partial charge in [0.2, 0.25) is 94.5 Å². The second-order valence-corrected chi connectivity index (χ2v) is 40.2. The summed E-state index contributed by atoms with van der Waals surface area (Å²) < 4.78 is 16.0. The number of hydrogen-bond donors (Lipinski definition) is 13. The molecule has 0 unspecified atom stereocenters. The molecule has 14 N–H and O–H groups in total. The van der Waals surface area contributed by atoms with Gasteiger partial charge in [-0.2, -0.15) is 0 Å². The second-order valence-electron chi connectivity index (χ2n) is 39.2. The van der Waals surface area contributed by atoms with Crippen molar-refractivity contribution in [2.45, 2.75) is 288 Å². The highest BCUT2D eigenvalue weighted by Gasteiger charge is 2.48. The maximum absolute atomic E-state index is 15.9. The Hall–Kier alpha value is -12.4. The summed E-state index contributed by atoms with van der Waals surface area (Å²) in [7, 11) is 6.82. The van der Waals surface area contributed by atoms with Crippen LogP contribution in [0.3, 0.4) is 0 Å². The SMILES string of the molecule is CCCC[C@H]1C(=O)N(C)[C@@H](CCCC)C(=O)N[C@@H](CC(C)C)C(=O)N(C)[C@H](C(N)=O)CSCC(=O)N[C@@H](Cc2ccc(F)cc2)C(=O)N2CCCC[C@H]2C(=O)N[C@@H](CC(=O)N(C)C)C(=O)N2CCC[C@H]2C(=O)N[C@@H](CCC(=O)C(C)(C)C)C(=O)N[C@@H](CC(C)C)C(=O)N2C[C@H](O)C[C@H]2C(=O)N[C@@H](Cc2c[nH]c3ccccc23)C(=O)N[C@@H](CO)C(=O)N[C@@H](Cc2cn(CC(=O)O)c3ccccc23)C(=O)N1C. The van der Waals surface area contributed by atoms with Gasteiger partial charge in [0.1, 0.15) is 103 Å². The zero-order chi connectivity index (χ0) is 103. The number of aliphatic carboxylic acids is 1. The number of aromatic nitrogens is 2. The lowest BCUT2D eigenvalue weighted by molar-refractivity contribution is -0.150. The van der Waals surface area contributed by atoms with Crippen LogP contribution in [0.4, 0.5) is 4.39 Å². The molecule has 6 heterocycles. The van der Waals surface area contributed by atoms with Gasteiger partial charge in [-0.05, 0) is 117 Å². The lowest BCUT2D eigenvalue weighted by Crippen LogP contribution is -2.62. The molecule has 0 saturated carbocycles. The highest BCUT2D eigenvalue weighted by molar-refractivity contribution is 8.00. The quantitative estimate of drug-likeness (QED) is 0.0399. The predicted octanol–water partition coefficient (Wildman–Crippen LogP) is 2.64. The number of nitrogens with one attached hydrogen (secondary N) is 9. The number of unbranched alkanes of at least 4 members (excludes halogenated alkanes) is 2. The molecule has 766 valence electrons. The summed E-state index contributed by atoms with van der Waals surface area (Å²) in [5.41, 5.74) is 7.31. The maximum Gasteiger partial charge on any atom is 0.323 e. The molecule has 2 aromatic heterocycles. The Labute approximate surface area is 819 Å². The van der Waals surface area contributed by atoms with Gasteiger partial charge in [0.25, 0.3) is 0 Å². The molecule has 140 heavy (non-hydrogen) atoms. The number of hydrogen-bond acceptors (Lipinski definition) is 21. The van der Waals surface area contributed by atoms with Crippen molar-refractivity contribution < 1.29 is 106 Å². The van der Waals surface area contributed by atoms with Crippen LogP contribution in [0, 0.1) is 23.1 Å². The van der Waals surface area contributed by atoms with E-state index in [9.17, 15) is 43.7 Å². The highest BCUT2D eigenvalue weighted by Crippen LogP contribution is 2.31. The first-order valence-corrected chi connectivity index (χ1v) is 49.5. The number of carbonyl (C=O) groups is 18. The molecule has 5 aromatic rings. The number of aliphatic hydroxyl groups is 2. The van der Waals surface area contributed by atoms with Gasteiger partial charge in [0.05, 0.1) is 24.9 Å². The van der Waals surface area contributed by atoms with Crippen LogP contribution in [-0.2, 0) is 112 Å². The summed E-state index contributed by atoms with van der Waals surface area (Å²) >= 11 is 0.855. The van der Waals surface area contributed by atoms with Crippen LogP contribution in [0.2, 0.25) is 0 Å². The molecule has 4 fully saturated rings. The van der Waals surface area contributed by atoms with Crippen LogP contribution in [0.25, 0.3) is 21.8 Å². The van der Waals surface area contributed by atoms with E-state index in [2.05, 4.69) is 47.5 Å². The van der Waals surface area contributed by atoms with Crippen LogP contribution >= 0.6 is 11.8 Å². The molecule has 4 aliphatic heterocycles. The minimum absolute atomic E-state index is 0.0175. The van der Waals surface area contributed by atoms with E-state index in [1.54, 1.807) is 103 Å². The first-order valence-electron chi connectivity index (χ1n) is 48.4. The smallest absolute Gasteiger partial charge is 0.323 e. The zero-order valence-electron chi connectivity index (χ0n) is 82.6. The molecule has 0 spiro atoms. The Balaban J connectivity index is 1.13. The molecule has 0 radical (unpaired) electrons. The van der Waals surface area contributed by atoms with E-state index in [1.807, 2.05) is 13.8 Å². The monoisotopic (exact) mass is 1970 g/mol. The molecular weight excluding hydrogens is 1830 g/mol. The molecule has 0 aliphatic carbocycles. The summed E-state index contributed by atoms with van der Waals surface area (Å²) in [5, 5.41) is 56.0. The third kappa shape index (κ3) is 29.6. The average Bonchev–Trinajstić information content (AvgIpc) is 1.62. The Morgan fingerprint density at radius 2 is 1.05 bits per heavy atom. The Morgan fingerprint density at radius 1 is 0.543 bits per heavy atom. The van der Waals surface area contributed by atoms with Crippen molar-refractivity contribution in [3.8, 4) is 0 Å². The lowest BCUT2D eigenvalue weighted by Gasteiger charge is -2.38. The van der Waals surface area contributed by atoms with Crippen LogP contribution in [0.5, 0.6) is 0 Å². The number of primary amides is 1. The number of ketones is 1. The van der Waals surface area contributed by atoms with Crippen LogP contribution in [0.1, 0.15) is 188 Å². The number of para-hydroxylation sites is 2. The summed E-state index contributed by atoms with van der Waals surface area (Å²) in [6, 6.07) is -2.89. The lowest BCUT2D eigenvalue weighted by atomic mass is 9.87. The maximum atomic E-state index is 15.9. The Morgan fingerprint density at radius 3 is 1.66 bits per heavy atom. The standard InChI is InChI=1S/C99H141FN18O21S/c1-15-17-29-75-89(130)108-68(42-56(3)4)93(134)114(14)80(85(101)126)54-140-55-82(122)103-70(44-58-34-36-61(100)37-35-58)95(136)116-40-24-23-32-76(116)91(132)109-72(48-83(123)111(10)11)96(137)117-41-25-33-77(117)90(131)104-66(38-39-81(121)99(7,8)9)86(127)106-69(43-57(5)6)97(138)118-51-62(120)47-79(118)92(133)105-67(45-59-49-102-65-28-21-19-26-63(59)65)87(128)110-73(53-119)88(129)107-71(94(135)113(13)78(30-18-16-2)98(139)112(75)12)46-60-50-115(52-84(124)125)74-31-22-20-27-64(60)74/h19-22,26-28,31,34-37,49-50,56-57,62,66-73,75-80,102,119-120H,15-18,23-25,29-30,32-33,38-48,51-55H2,1-14H3,(H2,101,126)(H,103,122)(H,104,131)(H,105,133)(H,106,127)(H,107,129)(H,108,130)(H,109,132)(H,110,128)(H,124,125)/t62-,66+,67+,68+,69+,70+,71+,72+,73+,75+,76+,77+,78+,79+,80+/m1/s1. The van der Waals surface area contributed by atoms with Crippen LogP contribution in [0.15, 0.2) is 85.2 Å². The molecule has 4 saturated heterocycles. The summed E-state index contributed by atoms with van der Waals surface area (Å²) in [5.74, 6) is -17.9. The van der Waals surface area contributed by atoms with E-state index in [1.165, 1.54) is 72.8 Å². The van der Waals surface area contributed by atoms with Crippen molar-refractivity contribution in [2.75, 3.05) is 73.0 Å². The van der Waals surface area contributed by atoms with Crippen molar-refractivity contribution in [1.29, 1.82) is 0 Å². The average molecular weight is 1970 g/mol. The molecule has 15 atom stereocenters. The largest absolute Gasteiger partial charge is 0.480 e. The van der Waals surface area contributed by atoms with Crippen molar-refractivity contribution in [2.24, 2.45) is 23.0 Å². The van der Waals surface area contributed by atoms with Gasteiger partial charge in [-0.15, -0.1) is 11.8 Å². The molecule has 9 rings (SSSR count). The first kappa shape index (κ1) is 111. The number of rotatable bonds is 25. The molecule has 4 aliphatic rings. The van der Waals surface area contributed by atoms with Crippen LogP contribution in [-0.4, -0.2) is 329 Å². The van der Waals surface area contributed by atoms with Crippen molar-refractivity contribution >= 4 is 140 Å². The van der Waals surface area contributed by atoms with E-state index < -0.39 is 253 Å². The molecule has 3 aromatic carbocycles. The van der Waals surface area contributed by atoms with Crippen molar-refractivity contribution in [3.63, 3.8) is 0 Å². The number of piperidine rings is 1. The highest BCUT2D eigenvalue weighted by atomic mass is 32.2. The predicted molar refractivity (Wildman–Crippen MR) is 519 cm³/mol. The third-order valence-electron chi connectivity index (χ3n) is 26.3. The van der Waals surface area contributed by atoms with E-state index in [4.69, 9.17) is 5.73 Å². The number of carbonyl (C=O) groups excluding carboxylic acids is 17. The molecule has 39 nitrogen and oxygen atoms in total. The van der Waals surface area contributed by atoms with Crippen molar-refractivity contribution in [1.82, 2.24) is 86.4 Å². The molecule has 0 bridgehead atoms. The van der Waals surface area contributed by atoms with Gasteiger partial charge < -0.3 is 107 Å². The number of likely N-dealkylation sites (N-methyl/N-ethyl adjacent to an activating group) is 3. The van der Waals surface area contributed by atoms with Crippen LogP contribution < -0.4 is 48.3 Å². The number of halogens is 1. The number of carboxylic acids is 1. The minimum atomic E-state index is -1.95. The summed E-state index contributed by atoms with van der Waals surface area (Å²) in [6.45, 7) is 13.4. The van der Waals surface area contributed by atoms with Gasteiger partial charge in [-0.3, -0.25) is 86.3 Å². The van der Waals surface area contributed by atoms with E-state index in [-0.39, 0.29) is 101 Å². The Bertz CT molecular complexity index is 5290. The topological polar surface area (TPSA) is 534 Å². The number of amides is 16. The van der Waals surface area contributed by atoms with Gasteiger partial charge in [0.15, 0.2) is 0 Å². The number of thioether (sulfide) groups is 1. The number of nitrogens with two attached hydrogens (primary N) is 1. The van der Waals surface area contributed by atoms with E-state index in [0.717, 1.165) is 43.5 Å². The normalized spacial score (nSPS) is 25.1. The fraction of sp³-hybridized carbons (Fsp3) is 0.596. The third-order valence-corrected chi connectivity index (χ3v) is 27.4. The minimum Gasteiger partial charge on any atom is -0.480 e. The van der Waals surface area contributed by atoms with Gasteiger partial charge in [-0.25, -0.2) is 4.39 Å². The number of carboxylic acid groups (broad SMARTS) is 1. The molecule has 16 amide bonds. The number of aromatic amines is 1. The molecular formula is C99H141FN18O21S. The van der Waals surface area contributed by atoms with Gasteiger partial charge in [-0.1, -0.05) is 137 Å². The summed E-state index contributed by atoms with van der Waals surface area (Å²) in [4.78, 5) is 279. The van der Waals surface area contributed by atoms with Gasteiger partial charge >= 0.3 is 5.97 Å². The number of aliphatic hydroxyl groups excluding tert-OH is 2. The number of benzene rings is 3. The fourth-order valence-corrected chi connectivity index (χ4v) is 19.4. The number of Topliss-reactive ketones (excluding diaryl/α,β-unsaturated/α-hetero) is 1. The number of nitrogens with zero attached hydrogens (tertiary/aromatic N) is 8. The van der Waals surface area contributed by atoms with E-state index in [0.29, 0.717) is 77.0 Å². The zero-order valence-corrected chi connectivity index (χ0v) is 83.4. The van der Waals surface area contributed by atoms with Crippen molar-refractivity contribution in [3.05, 3.63) is 108 Å². The molecule has 41 heteroatoms. The van der Waals surface area contributed by atoms with E-state index >= 15 is 62.3 Å². The van der Waals surface area contributed by atoms with Gasteiger partial charge in [0, 0.05) is 132 Å². The number of fused-ring (bicyclic) bond motifs is 5.